The van der Waals surface area contributed by atoms with Crippen LogP contribution >= 0.6 is 0 Å². The topological polar surface area (TPSA) is 38.1 Å². The van der Waals surface area contributed by atoms with E-state index in [2.05, 4.69) is 29.1 Å². The van der Waals surface area contributed by atoms with Gasteiger partial charge in [0.05, 0.1) is 12.2 Å². The molecule has 0 unspecified atom stereocenters. The van der Waals surface area contributed by atoms with Gasteiger partial charge in [0.15, 0.2) is 5.78 Å². The van der Waals surface area contributed by atoms with Crippen molar-refractivity contribution in [1.82, 2.24) is 14.7 Å². The molecular weight excluding hydrogens is 310 g/mol. The van der Waals surface area contributed by atoms with Crippen molar-refractivity contribution in [2.24, 2.45) is 11.8 Å². The van der Waals surface area contributed by atoms with Crippen molar-refractivity contribution in [1.29, 1.82) is 0 Å². The summed E-state index contributed by atoms with van der Waals surface area (Å²) in [5.41, 5.74) is 2.85. The normalized spacial score (nSPS) is 23.9. The van der Waals surface area contributed by atoms with E-state index in [0.717, 1.165) is 30.5 Å². The minimum Gasteiger partial charge on any atom is -0.300 e. The first-order valence-corrected chi connectivity index (χ1v) is 9.46. The number of Topliss-reactive ketones (excluding diaryl/α,β-unsaturated/α-hetero) is 1. The minimum absolute atomic E-state index is 0.242. The molecule has 0 N–H and O–H groups in total. The van der Waals surface area contributed by atoms with Crippen molar-refractivity contribution in [3.63, 3.8) is 0 Å². The highest BCUT2D eigenvalue weighted by molar-refractivity contribution is 5.94. The summed E-state index contributed by atoms with van der Waals surface area (Å²) in [4.78, 5) is 15.6. The van der Waals surface area contributed by atoms with Crippen molar-refractivity contribution in [3.8, 4) is 0 Å². The lowest BCUT2D eigenvalue weighted by atomic mass is 9.92. The molecule has 1 aliphatic heterocycles. The van der Waals surface area contributed by atoms with Crippen LogP contribution in [0.25, 0.3) is 0 Å². The van der Waals surface area contributed by atoms with Crippen LogP contribution in [-0.2, 0) is 6.54 Å². The molecule has 2 aromatic rings. The first-order valence-electron chi connectivity index (χ1n) is 9.46. The Morgan fingerprint density at radius 3 is 2.68 bits per heavy atom. The maximum atomic E-state index is 13.0. The molecule has 4 nitrogen and oxygen atoms in total. The maximum absolute atomic E-state index is 13.0. The lowest BCUT2D eigenvalue weighted by Crippen LogP contribution is -2.23. The number of hydrogen-bond donors (Lipinski definition) is 0. The van der Waals surface area contributed by atoms with E-state index in [9.17, 15) is 4.79 Å². The zero-order valence-electron chi connectivity index (χ0n) is 15.2. The number of nitrogens with zero attached hydrogens (tertiary/aromatic N) is 3. The molecule has 25 heavy (non-hydrogen) atoms. The van der Waals surface area contributed by atoms with Crippen LogP contribution < -0.4 is 0 Å². The quantitative estimate of drug-likeness (QED) is 0.757. The van der Waals surface area contributed by atoms with E-state index in [1.165, 1.54) is 18.4 Å². The lowest BCUT2D eigenvalue weighted by Gasteiger charge is -2.15. The first-order chi connectivity index (χ1) is 12.1. The Bertz CT molecular complexity index is 748. The maximum Gasteiger partial charge on any atom is 0.181 e. The van der Waals surface area contributed by atoms with Gasteiger partial charge in [0.2, 0.25) is 0 Å². The highest BCUT2D eigenvalue weighted by Crippen LogP contribution is 2.35. The third-order valence-corrected chi connectivity index (χ3v) is 5.67. The minimum atomic E-state index is 0.242. The van der Waals surface area contributed by atoms with Crippen molar-refractivity contribution < 1.29 is 4.79 Å². The summed E-state index contributed by atoms with van der Waals surface area (Å²) in [5.74, 6) is 1.33. The van der Waals surface area contributed by atoms with Crippen LogP contribution in [0.15, 0.2) is 36.4 Å². The van der Waals surface area contributed by atoms with E-state index in [4.69, 9.17) is 0 Å². The van der Waals surface area contributed by atoms with Crippen molar-refractivity contribution in [2.75, 3.05) is 13.1 Å². The predicted molar refractivity (Wildman–Crippen MR) is 98.7 cm³/mol. The van der Waals surface area contributed by atoms with Gasteiger partial charge < -0.3 is 0 Å². The fraction of sp³-hybridized carbons (Fsp3) is 0.524. The van der Waals surface area contributed by atoms with Crippen molar-refractivity contribution >= 4 is 5.78 Å². The average molecular weight is 337 g/mol. The van der Waals surface area contributed by atoms with Gasteiger partial charge in [0.25, 0.3) is 0 Å². The van der Waals surface area contributed by atoms with Crippen LogP contribution in [0.2, 0.25) is 0 Å². The molecule has 1 saturated carbocycles. The number of benzene rings is 1. The van der Waals surface area contributed by atoms with Gasteiger partial charge in [-0.05, 0) is 43.2 Å². The Labute approximate surface area is 149 Å². The molecule has 0 bridgehead atoms. The molecule has 1 aliphatic carbocycles. The van der Waals surface area contributed by atoms with E-state index < -0.39 is 0 Å². The second-order valence-electron chi connectivity index (χ2n) is 7.86. The van der Waals surface area contributed by atoms with Gasteiger partial charge in [0, 0.05) is 25.6 Å². The molecule has 2 atom stereocenters. The lowest BCUT2D eigenvalue weighted by molar-refractivity contribution is 0.0944. The highest BCUT2D eigenvalue weighted by Gasteiger charge is 2.39. The van der Waals surface area contributed by atoms with E-state index in [1.54, 1.807) is 0 Å². The molecular formula is C21H27N3O. The fourth-order valence-corrected chi connectivity index (χ4v) is 4.07. The Morgan fingerprint density at radius 1 is 1.20 bits per heavy atom. The van der Waals surface area contributed by atoms with Gasteiger partial charge in [-0.15, -0.1) is 0 Å². The Balaban J connectivity index is 1.46. The van der Waals surface area contributed by atoms with Gasteiger partial charge in [-0.2, -0.15) is 5.10 Å². The van der Waals surface area contributed by atoms with E-state index in [-0.39, 0.29) is 5.78 Å². The van der Waals surface area contributed by atoms with E-state index >= 15 is 0 Å². The van der Waals surface area contributed by atoms with Crippen LogP contribution in [0, 0.1) is 18.8 Å². The standard InChI is InChI=1S/C21H27N3O/c1-15-12-23(19-8-9-19)14-18(15)11-21(25)20-10-16(2)22-24(20)13-17-6-4-3-5-7-17/h3-7,10,15,18-19H,8-9,11-14H2,1-2H3/t15-,18-/m0/s1. The Kier molecular flexibility index (Phi) is 4.46. The van der Waals surface area contributed by atoms with Gasteiger partial charge in [-0.3, -0.25) is 14.4 Å². The molecule has 0 radical (unpaired) electrons. The Morgan fingerprint density at radius 2 is 1.96 bits per heavy atom. The summed E-state index contributed by atoms with van der Waals surface area (Å²) in [5, 5.41) is 4.56. The number of aryl methyl sites for hydroxylation is 1. The number of carbonyl (C=O) groups excluding carboxylic acids is 1. The number of rotatable bonds is 6. The third-order valence-electron chi connectivity index (χ3n) is 5.67. The summed E-state index contributed by atoms with van der Waals surface area (Å²) in [6.07, 6.45) is 3.33. The predicted octanol–water partition coefficient (Wildman–Crippen LogP) is 3.54. The van der Waals surface area contributed by atoms with Crippen LogP contribution in [0.5, 0.6) is 0 Å². The molecule has 0 amide bonds. The van der Waals surface area contributed by atoms with Crippen LogP contribution in [-0.4, -0.2) is 39.6 Å². The van der Waals surface area contributed by atoms with Gasteiger partial charge >= 0.3 is 0 Å². The molecule has 2 heterocycles. The molecule has 1 aromatic carbocycles. The van der Waals surface area contributed by atoms with Crippen LogP contribution in [0.4, 0.5) is 0 Å². The summed E-state index contributed by atoms with van der Waals surface area (Å²) in [6, 6.07) is 13.0. The number of hydrogen-bond acceptors (Lipinski definition) is 3. The zero-order chi connectivity index (χ0) is 17.4. The SMILES string of the molecule is Cc1cc(C(=O)C[C@H]2CN(C3CC3)C[C@@H]2C)n(Cc2ccccc2)n1. The molecule has 1 saturated heterocycles. The fourth-order valence-electron chi connectivity index (χ4n) is 4.07. The largest absolute Gasteiger partial charge is 0.300 e. The molecule has 4 heteroatoms. The monoisotopic (exact) mass is 337 g/mol. The molecule has 2 fully saturated rings. The second-order valence-corrected chi connectivity index (χ2v) is 7.86. The van der Waals surface area contributed by atoms with Gasteiger partial charge in [-0.25, -0.2) is 0 Å². The van der Waals surface area contributed by atoms with E-state index in [0.29, 0.717) is 24.8 Å². The summed E-state index contributed by atoms with van der Waals surface area (Å²) in [7, 11) is 0. The molecule has 132 valence electrons. The number of likely N-dealkylation sites (tertiary alicyclic amines) is 1. The summed E-state index contributed by atoms with van der Waals surface area (Å²) >= 11 is 0. The number of aromatic nitrogens is 2. The van der Waals surface area contributed by atoms with Crippen molar-refractivity contribution in [2.45, 2.75) is 45.7 Å². The molecule has 0 spiro atoms. The first kappa shape index (κ1) is 16.5. The van der Waals surface area contributed by atoms with Gasteiger partial charge in [-0.1, -0.05) is 37.3 Å². The summed E-state index contributed by atoms with van der Waals surface area (Å²) in [6.45, 7) is 7.16. The van der Waals surface area contributed by atoms with Crippen molar-refractivity contribution in [3.05, 3.63) is 53.3 Å². The smallest absolute Gasteiger partial charge is 0.181 e. The average Bonchev–Trinajstić information content (AvgIpc) is 3.29. The Hall–Kier alpha value is -1.94. The van der Waals surface area contributed by atoms with Gasteiger partial charge in [0.1, 0.15) is 5.69 Å². The molecule has 4 rings (SSSR count). The molecule has 1 aromatic heterocycles. The van der Waals surface area contributed by atoms with E-state index in [1.807, 2.05) is 35.9 Å². The second kappa shape index (κ2) is 6.75. The summed E-state index contributed by atoms with van der Waals surface area (Å²) < 4.78 is 1.88. The number of ketones is 1. The van der Waals surface area contributed by atoms with Crippen LogP contribution in [0.3, 0.4) is 0 Å². The molecule has 2 aliphatic rings. The zero-order valence-corrected chi connectivity index (χ0v) is 15.2. The van der Waals surface area contributed by atoms with Crippen LogP contribution in [0.1, 0.15) is 47.9 Å². The number of carbonyl (C=O) groups is 1. The third kappa shape index (κ3) is 3.69. The highest BCUT2D eigenvalue weighted by atomic mass is 16.1.